The van der Waals surface area contributed by atoms with Crippen molar-refractivity contribution in [3.8, 4) is 22.8 Å². The number of hydrogen-bond acceptors (Lipinski definition) is 4. The predicted octanol–water partition coefficient (Wildman–Crippen LogP) is 3.30. The van der Waals surface area contributed by atoms with Gasteiger partial charge in [-0.2, -0.15) is 5.10 Å². The molecule has 2 N–H and O–H groups in total. The van der Waals surface area contributed by atoms with Crippen LogP contribution in [0.5, 0.6) is 11.5 Å². The second-order valence-electron chi connectivity index (χ2n) is 5.81. The fraction of sp³-hybridized carbons (Fsp3) is 0.200. The molecule has 140 valence electrons. The molecule has 1 heterocycles. The summed E-state index contributed by atoms with van der Waals surface area (Å²) >= 11 is 0. The maximum atomic E-state index is 12.0. The number of amides is 2. The number of nitrogens with zero attached hydrogens (tertiary/aromatic N) is 2. The molecule has 3 rings (SSSR count). The first-order chi connectivity index (χ1) is 13.2. The van der Waals surface area contributed by atoms with Gasteiger partial charge in [0.25, 0.3) is 0 Å². The second kappa shape index (κ2) is 8.75. The van der Waals surface area contributed by atoms with E-state index in [0.717, 1.165) is 22.8 Å². The average molecular weight is 366 g/mol. The highest BCUT2D eigenvalue weighted by Crippen LogP contribution is 2.21. The lowest BCUT2D eigenvalue weighted by atomic mass is 10.1. The number of nitrogens with one attached hydrogen (secondary N) is 2. The van der Waals surface area contributed by atoms with Crippen LogP contribution in [0.3, 0.4) is 0 Å². The molecule has 0 aliphatic rings. The van der Waals surface area contributed by atoms with Gasteiger partial charge in [-0.25, -0.2) is 4.79 Å². The van der Waals surface area contributed by atoms with Crippen LogP contribution < -0.4 is 20.1 Å². The minimum atomic E-state index is -0.328. The molecule has 0 spiro atoms. The van der Waals surface area contributed by atoms with Crippen molar-refractivity contribution in [3.05, 3.63) is 60.7 Å². The van der Waals surface area contributed by atoms with Crippen molar-refractivity contribution in [1.29, 1.82) is 0 Å². The SMILES string of the molecule is COc1ccc(OCCNC(=O)Nc2cc(-c3ccccc3)n(C)n2)cc1. The number of aromatic nitrogens is 2. The summed E-state index contributed by atoms with van der Waals surface area (Å²) in [6, 6.07) is 18.7. The lowest BCUT2D eigenvalue weighted by molar-refractivity contribution is 0.247. The molecule has 0 saturated heterocycles. The maximum Gasteiger partial charge on any atom is 0.320 e. The lowest BCUT2D eigenvalue weighted by Crippen LogP contribution is -2.32. The number of methoxy groups -OCH3 is 1. The molecule has 0 bridgehead atoms. The maximum absolute atomic E-state index is 12.0. The summed E-state index contributed by atoms with van der Waals surface area (Å²) in [5, 5.41) is 9.80. The summed E-state index contributed by atoms with van der Waals surface area (Å²) < 4.78 is 12.4. The highest BCUT2D eigenvalue weighted by molar-refractivity contribution is 5.88. The first-order valence-corrected chi connectivity index (χ1v) is 8.57. The normalized spacial score (nSPS) is 10.3. The molecular formula is C20H22N4O3. The number of ether oxygens (including phenoxy) is 2. The van der Waals surface area contributed by atoms with Gasteiger partial charge in [-0.3, -0.25) is 10.00 Å². The third-order valence-corrected chi connectivity index (χ3v) is 3.91. The van der Waals surface area contributed by atoms with Crippen molar-refractivity contribution in [1.82, 2.24) is 15.1 Å². The molecular weight excluding hydrogens is 344 g/mol. The van der Waals surface area contributed by atoms with E-state index in [0.29, 0.717) is 19.0 Å². The summed E-state index contributed by atoms with van der Waals surface area (Å²) in [5.74, 6) is 1.98. The number of anilines is 1. The minimum absolute atomic E-state index is 0.328. The van der Waals surface area contributed by atoms with Crippen LogP contribution >= 0.6 is 0 Å². The van der Waals surface area contributed by atoms with Crippen LogP contribution in [0.1, 0.15) is 0 Å². The van der Waals surface area contributed by atoms with E-state index in [9.17, 15) is 4.79 Å². The van der Waals surface area contributed by atoms with Crippen LogP contribution in [0.25, 0.3) is 11.3 Å². The molecule has 0 fully saturated rings. The fourth-order valence-corrected chi connectivity index (χ4v) is 2.57. The van der Waals surface area contributed by atoms with E-state index in [4.69, 9.17) is 9.47 Å². The number of hydrogen-bond donors (Lipinski definition) is 2. The van der Waals surface area contributed by atoms with Gasteiger partial charge < -0.3 is 14.8 Å². The molecule has 3 aromatic rings. The predicted molar refractivity (Wildman–Crippen MR) is 104 cm³/mol. The van der Waals surface area contributed by atoms with Crippen LogP contribution in [-0.2, 0) is 7.05 Å². The molecule has 27 heavy (non-hydrogen) atoms. The van der Waals surface area contributed by atoms with Crippen LogP contribution in [0.4, 0.5) is 10.6 Å². The zero-order valence-electron chi connectivity index (χ0n) is 15.3. The largest absolute Gasteiger partial charge is 0.497 e. The molecule has 0 aliphatic heterocycles. The molecule has 7 nitrogen and oxygen atoms in total. The molecule has 2 aromatic carbocycles. The van der Waals surface area contributed by atoms with Gasteiger partial charge in [-0.05, 0) is 29.8 Å². The Morgan fingerprint density at radius 3 is 2.48 bits per heavy atom. The summed E-state index contributed by atoms with van der Waals surface area (Å²) in [6.07, 6.45) is 0. The third-order valence-electron chi connectivity index (χ3n) is 3.91. The third kappa shape index (κ3) is 5.01. The first-order valence-electron chi connectivity index (χ1n) is 8.57. The number of benzene rings is 2. The van der Waals surface area contributed by atoms with Gasteiger partial charge in [0, 0.05) is 13.1 Å². The van der Waals surface area contributed by atoms with E-state index in [2.05, 4.69) is 15.7 Å². The summed E-state index contributed by atoms with van der Waals surface area (Å²) in [7, 11) is 3.46. The summed E-state index contributed by atoms with van der Waals surface area (Å²) in [5.41, 5.74) is 1.96. The quantitative estimate of drug-likeness (QED) is 0.629. The Morgan fingerprint density at radius 2 is 1.78 bits per heavy atom. The van der Waals surface area contributed by atoms with E-state index in [-0.39, 0.29) is 6.03 Å². The van der Waals surface area contributed by atoms with E-state index in [1.807, 2.05) is 67.7 Å². The van der Waals surface area contributed by atoms with Crippen molar-refractivity contribution < 1.29 is 14.3 Å². The molecule has 7 heteroatoms. The Labute approximate surface area is 157 Å². The van der Waals surface area contributed by atoms with Gasteiger partial charge in [0.05, 0.1) is 19.3 Å². The molecule has 0 atom stereocenters. The van der Waals surface area contributed by atoms with E-state index < -0.39 is 0 Å². The summed E-state index contributed by atoms with van der Waals surface area (Å²) in [4.78, 5) is 12.0. The zero-order chi connectivity index (χ0) is 19.1. The topological polar surface area (TPSA) is 77.4 Å². The van der Waals surface area contributed by atoms with E-state index in [1.54, 1.807) is 11.8 Å². The van der Waals surface area contributed by atoms with Crippen LogP contribution in [0.15, 0.2) is 60.7 Å². The summed E-state index contributed by atoms with van der Waals surface area (Å²) in [6.45, 7) is 0.730. The number of rotatable bonds is 7. The minimum Gasteiger partial charge on any atom is -0.497 e. The molecule has 0 radical (unpaired) electrons. The fourth-order valence-electron chi connectivity index (χ4n) is 2.57. The number of aryl methyl sites for hydroxylation is 1. The molecule has 1 aromatic heterocycles. The highest BCUT2D eigenvalue weighted by Gasteiger charge is 2.09. The van der Waals surface area contributed by atoms with Gasteiger partial charge in [0.2, 0.25) is 0 Å². The van der Waals surface area contributed by atoms with Crippen molar-refractivity contribution in [2.45, 2.75) is 0 Å². The van der Waals surface area contributed by atoms with Crippen LogP contribution in [0, 0.1) is 0 Å². The zero-order valence-corrected chi connectivity index (χ0v) is 15.3. The van der Waals surface area contributed by atoms with Gasteiger partial charge in [-0.15, -0.1) is 0 Å². The van der Waals surface area contributed by atoms with Crippen molar-refractivity contribution >= 4 is 11.8 Å². The number of carbonyl (C=O) groups is 1. The highest BCUT2D eigenvalue weighted by atomic mass is 16.5. The van der Waals surface area contributed by atoms with Gasteiger partial charge >= 0.3 is 6.03 Å². The number of carbonyl (C=O) groups excluding carboxylic acids is 1. The van der Waals surface area contributed by atoms with Gasteiger partial charge in [-0.1, -0.05) is 30.3 Å². The smallest absolute Gasteiger partial charge is 0.320 e. The Morgan fingerprint density at radius 1 is 1.07 bits per heavy atom. The monoisotopic (exact) mass is 366 g/mol. The van der Waals surface area contributed by atoms with Crippen molar-refractivity contribution in [3.63, 3.8) is 0 Å². The molecule has 0 unspecified atom stereocenters. The standard InChI is InChI=1S/C20H22N4O3/c1-24-18(15-6-4-3-5-7-15)14-19(23-24)22-20(25)21-12-13-27-17-10-8-16(26-2)9-11-17/h3-11,14H,12-13H2,1-2H3,(H2,21,22,23,25). The van der Waals surface area contributed by atoms with Gasteiger partial charge in [0.15, 0.2) is 5.82 Å². The lowest BCUT2D eigenvalue weighted by Gasteiger charge is -2.08. The van der Waals surface area contributed by atoms with Gasteiger partial charge in [0.1, 0.15) is 18.1 Å². The average Bonchev–Trinajstić information content (AvgIpc) is 3.06. The van der Waals surface area contributed by atoms with Crippen molar-refractivity contribution in [2.75, 3.05) is 25.6 Å². The Balaban J connectivity index is 1.45. The van der Waals surface area contributed by atoms with E-state index >= 15 is 0 Å². The second-order valence-corrected chi connectivity index (χ2v) is 5.81. The first kappa shape index (κ1) is 18.3. The van der Waals surface area contributed by atoms with Crippen LogP contribution in [0.2, 0.25) is 0 Å². The molecule has 0 saturated carbocycles. The molecule has 0 aliphatic carbocycles. The Hall–Kier alpha value is -3.48. The number of urea groups is 1. The van der Waals surface area contributed by atoms with Crippen molar-refractivity contribution in [2.24, 2.45) is 7.05 Å². The Kier molecular flexibility index (Phi) is 5.94. The van der Waals surface area contributed by atoms with E-state index in [1.165, 1.54) is 0 Å². The Bertz CT molecular complexity index is 876. The van der Waals surface area contributed by atoms with Crippen LogP contribution in [-0.4, -0.2) is 36.1 Å². The molecule has 2 amide bonds.